The molecule has 28 heavy (non-hydrogen) atoms. The van der Waals surface area contributed by atoms with Crippen molar-refractivity contribution in [2.75, 3.05) is 0 Å². The van der Waals surface area contributed by atoms with Crippen molar-refractivity contribution in [3.8, 4) is 0 Å². The molecule has 1 amide bonds. The molecule has 1 heterocycles. The van der Waals surface area contributed by atoms with Crippen LogP contribution in [0.5, 0.6) is 0 Å². The van der Waals surface area contributed by atoms with Gasteiger partial charge in [0.2, 0.25) is 5.91 Å². The van der Waals surface area contributed by atoms with Crippen LogP contribution in [0.1, 0.15) is 44.1 Å². The lowest BCUT2D eigenvalue weighted by atomic mass is 9.77. The average molecular weight is 399 g/mol. The van der Waals surface area contributed by atoms with Crippen molar-refractivity contribution in [1.82, 2.24) is 15.1 Å². The van der Waals surface area contributed by atoms with E-state index in [1.54, 1.807) is 6.92 Å². The monoisotopic (exact) mass is 399 g/mol. The number of aliphatic hydroxyl groups is 2. The summed E-state index contributed by atoms with van der Waals surface area (Å²) < 4.78 is 39.8. The van der Waals surface area contributed by atoms with Gasteiger partial charge in [-0.2, -0.15) is 18.3 Å². The Bertz CT molecular complexity index is 974. The van der Waals surface area contributed by atoms with Gasteiger partial charge in [-0.1, -0.05) is 0 Å². The van der Waals surface area contributed by atoms with Gasteiger partial charge in [0.15, 0.2) is 0 Å². The number of hydrogen-bond acceptors (Lipinski definition) is 5. The van der Waals surface area contributed by atoms with Crippen LogP contribution in [0, 0.1) is 0 Å². The molecule has 1 aliphatic carbocycles. The largest absolute Gasteiger partial charge is 0.416 e. The SMILES string of the molecule is CC(O)c1nn(CC(=O)N[C@H]2C[C@@](C)(O)C2)c(=O)c2ccc(C(F)(F)F)cc12. The molecule has 3 rings (SSSR count). The van der Waals surface area contributed by atoms with E-state index in [1.165, 1.54) is 6.92 Å². The Morgan fingerprint density at radius 1 is 1.39 bits per heavy atom. The zero-order valence-corrected chi connectivity index (χ0v) is 15.2. The summed E-state index contributed by atoms with van der Waals surface area (Å²) in [6, 6.07) is 2.35. The van der Waals surface area contributed by atoms with E-state index in [0.717, 1.165) is 22.9 Å². The first-order valence-corrected chi connectivity index (χ1v) is 8.69. The van der Waals surface area contributed by atoms with E-state index in [9.17, 15) is 33.0 Å². The number of halogens is 3. The van der Waals surface area contributed by atoms with Crippen LogP contribution < -0.4 is 10.9 Å². The number of nitrogens with zero attached hydrogens (tertiary/aromatic N) is 2. The van der Waals surface area contributed by atoms with Crippen LogP contribution in [0.2, 0.25) is 0 Å². The van der Waals surface area contributed by atoms with Gasteiger partial charge in [-0.15, -0.1) is 0 Å². The van der Waals surface area contributed by atoms with Gasteiger partial charge in [0, 0.05) is 11.4 Å². The fraction of sp³-hybridized carbons (Fsp3) is 0.500. The van der Waals surface area contributed by atoms with Gasteiger partial charge in [0.05, 0.1) is 28.3 Å². The lowest BCUT2D eigenvalue weighted by molar-refractivity contribution is -0.137. The van der Waals surface area contributed by atoms with E-state index >= 15 is 0 Å². The molecular formula is C18H20F3N3O4. The Kier molecular flexibility index (Phi) is 4.96. The third kappa shape index (κ3) is 4.02. The molecule has 1 aliphatic rings. The number of amides is 1. The summed E-state index contributed by atoms with van der Waals surface area (Å²) in [7, 11) is 0. The van der Waals surface area contributed by atoms with Crippen LogP contribution in [0.4, 0.5) is 13.2 Å². The molecular weight excluding hydrogens is 379 g/mol. The number of alkyl halides is 3. The maximum atomic E-state index is 13.0. The van der Waals surface area contributed by atoms with Crippen molar-refractivity contribution in [1.29, 1.82) is 0 Å². The Morgan fingerprint density at radius 3 is 2.57 bits per heavy atom. The molecule has 152 valence electrons. The summed E-state index contributed by atoms with van der Waals surface area (Å²) in [6.45, 7) is 2.51. The fourth-order valence-electron chi connectivity index (χ4n) is 3.42. The minimum absolute atomic E-state index is 0.0710. The van der Waals surface area contributed by atoms with E-state index in [0.29, 0.717) is 12.8 Å². The third-order valence-corrected chi connectivity index (χ3v) is 4.74. The Hall–Kier alpha value is -2.46. The molecule has 0 radical (unpaired) electrons. The topological polar surface area (TPSA) is 104 Å². The first kappa shape index (κ1) is 20.3. The lowest BCUT2D eigenvalue weighted by Gasteiger charge is -2.41. The number of rotatable bonds is 4. The number of hydrogen-bond donors (Lipinski definition) is 3. The highest BCUT2D eigenvalue weighted by Gasteiger charge is 2.39. The predicted octanol–water partition coefficient (Wildman–Crippen LogP) is 1.50. The predicted molar refractivity (Wildman–Crippen MR) is 93.4 cm³/mol. The second kappa shape index (κ2) is 6.85. The molecule has 0 aliphatic heterocycles. The van der Waals surface area contributed by atoms with Crippen LogP contribution in [-0.4, -0.2) is 37.5 Å². The van der Waals surface area contributed by atoms with E-state index in [1.807, 2.05) is 0 Å². The second-order valence-electron chi connectivity index (χ2n) is 7.45. The molecule has 10 heteroatoms. The molecule has 3 N–H and O–H groups in total. The number of fused-ring (bicyclic) bond motifs is 1. The first-order valence-electron chi connectivity index (χ1n) is 8.69. The van der Waals surface area contributed by atoms with Crippen molar-refractivity contribution in [3.05, 3.63) is 39.8 Å². The standard InChI is InChI=1S/C18H20F3N3O4/c1-9(25)15-13-5-10(18(19,20)21)3-4-12(13)16(27)24(23-15)8-14(26)22-11-6-17(2,28)7-11/h3-5,9,11,25,28H,6-8H2,1-2H3,(H,22,26)/t9?,11-,17+. The average Bonchev–Trinajstić information content (AvgIpc) is 2.54. The number of aromatic nitrogens is 2. The number of carbonyl (C=O) groups excluding carboxylic acids is 1. The first-order chi connectivity index (χ1) is 12.9. The maximum Gasteiger partial charge on any atom is 0.416 e. The fourth-order valence-corrected chi connectivity index (χ4v) is 3.42. The van der Waals surface area contributed by atoms with Crippen LogP contribution in [-0.2, 0) is 17.5 Å². The normalized spacial score (nSPS) is 23.3. The smallest absolute Gasteiger partial charge is 0.390 e. The molecule has 1 atom stereocenters. The highest BCUT2D eigenvalue weighted by Crippen LogP contribution is 2.33. The number of carbonyl (C=O) groups is 1. The molecule has 0 bridgehead atoms. The molecule has 1 aromatic carbocycles. The quantitative estimate of drug-likeness (QED) is 0.723. The summed E-state index contributed by atoms with van der Waals surface area (Å²) in [5.41, 5.74) is -2.65. The highest BCUT2D eigenvalue weighted by atomic mass is 19.4. The maximum absolute atomic E-state index is 13.0. The van der Waals surface area contributed by atoms with Crippen LogP contribution in [0.25, 0.3) is 10.8 Å². The Balaban J connectivity index is 1.94. The van der Waals surface area contributed by atoms with E-state index < -0.39 is 41.5 Å². The molecule has 0 saturated heterocycles. The van der Waals surface area contributed by atoms with E-state index in [2.05, 4.69) is 10.4 Å². The minimum Gasteiger partial charge on any atom is -0.390 e. The Labute approximate surface area is 157 Å². The van der Waals surface area contributed by atoms with Gasteiger partial charge in [-0.3, -0.25) is 9.59 Å². The van der Waals surface area contributed by atoms with Crippen LogP contribution in [0.15, 0.2) is 23.0 Å². The highest BCUT2D eigenvalue weighted by molar-refractivity contribution is 5.85. The van der Waals surface area contributed by atoms with Gasteiger partial charge in [-0.25, -0.2) is 4.68 Å². The summed E-state index contributed by atoms with van der Waals surface area (Å²) in [4.78, 5) is 24.8. The van der Waals surface area contributed by atoms with Gasteiger partial charge in [-0.05, 0) is 44.9 Å². The third-order valence-electron chi connectivity index (χ3n) is 4.74. The van der Waals surface area contributed by atoms with Crippen molar-refractivity contribution < 1.29 is 28.2 Å². The molecule has 1 fully saturated rings. The Morgan fingerprint density at radius 2 is 2.04 bits per heavy atom. The van der Waals surface area contributed by atoms with Gasteiger partial charge < -0.3 is 15.5 Å². The van der Waals surface area contributed by atoms with Gasteiger partial charge >= 0.3 is 6.18 Å². The molecule has 7 nitrogen and oxygen atoms in total. The molecule has 1 aromatic heterocycles. The van der Waals surface area contributed by atoms with E-state index in [-0.39, 0.29) is 22.5 Å². The molecule has 0 spiro atoms. The van der Waals surface area contributed by atoms with Crippen LogP contribution in [0.3, 0.4) is 0 Å². The summed E-state index contributed by atoms with van der Waals surface area (Å²) >= 11 is 0. The number of benzene rings is 1. The van der Waals surface area contributed by atoms with Crippen molar-refractivity contribution in [2.45, 2.75) is 57.2 Å². The molecule has 2 aromatic rings. The van der Waals surface area contributed by atoms with Crippen molar-refractivity contribution in [2.24, 2.45) is 0 Å². The number of aliphatic hydroxyl groups excluding tert-OH is 1. The summed E-state index contributed by atoms with van der Waals surface area (Å²) in [6.07, 6.45) is -5.08. The van der Waals surface area contributed by atoms with Gasteiger partial charge in [0.1, 0.15) is 6.54 Å². The minimum atomic E-state index is -4.61. The zero-order valence-electron chi connectivity index (χ0n) is 15.2. The second-order valence-corrected chi connectivity index (χ2v) is 7.45. The van der Waals surface area contributed by atoms with Crippen molar-refractivity contribution >= 4 is 16.7 Å². The van der Waals surface area contributed by atoms with Crippen LogP contribution >= 0.6 is 0 Å². The van der Waals surface area contributed by atoms with Gasteiger partial charge in [0.25, 0.3) is 5.56 Å². The lowest BCUT2D eigenvalue weighted by Crippen LogP contribution is -2.54. The van der Waals surface area contributed by atoms with E-state index in [4.69, 9.17) is 0 Å². The molecule has 1 unspecified atom stereocenters. The zero-order chi connectivity index (χ0) is 20.9. The van der Waals surface area contributed by atoms with Crippen molar-refractivity contribution in [3.63, 3.8) is 0 Å². The molecule has 1 saturated carbocycles. The number of nitrogens with one attached hydrogen (secondary N) is 1. The summed E-state index contributed by atoms with van der Waals surface area (Å²) in [5, 5.41) is 26.0. The summed E-state index contributed by atoms with van der Waals surface area (Å²) in [5.74, 6) is -0.516.